The second kappa shape index (κ2) is 10.2. The first kappa shape index (κ1) is 21.0. The summed E-state index contributed by atoms with van der Waals surface area (Å²) in [5.41, 5.74) is 1.15. The number of thiophene rings is 1. The average molecular weight is 414 g/mol. The molecule has 3 amide bonds. The Morgan fingerprint density at radius 2 is 1.83 bits per heavy atom. The van der Waals surface area contributed by atoms with Crippen molar-refractivity contribution in [3.8, 4) is 0 Å². The summed E-state index contributed by atoms with van der Waals surface area (Å²) in [6.07, 6.45) is 2.66. The molecule has 2 heterocycles. The summed E-state index contributed by atoms with van der Waals surface area (Å²) < 4.78 is 0. The van der Waals surface area contributed by atoms with E-state index >= 15 is 0 Å². The Morgan fingerprint density at radius 1 is 1.10 bits per heavy atom. The fourth-order valence-electron chi connectivity index (χ4n) is 3.46. The van der Waals surface area contributed by atoms with Gasteiger partial charge in [0.15, 0.2) is 0 Å². The maximum absolute atomic E-state index is 12.6. The van der Waals surface area contributed by atoms with Crippen molar-refractivity contribution in [2.45, 2.75) is 44.7 Å². The Bertz CT molecular complexity index is 815. The van der Waals surface area contributed by atoms with E-state index in [0.29, 0.717) is 24.4 Å². The monoisotopic (exact) mass is 413 g/mol. The smallest absolute Gasteiger partial charge is 0.261 e. The summed E-state index contributed by atoms with van der Waals surface area (Å²) >= 11 is 1.35. The molecule has 2 aromatic rings. The average Bonchev–Trinajstić information content (AvgIpc) is 3.28. The molecule has 1 aliphatic heterocycles. The molecule has 0 spiro atoms. The lowest BCUT2D eigenvalue weighted by molar-refractivity contribution is -0.134. The van der Waals surface area contributed by atoms with Gasteiger partial charge in [-0.15, -0.1) is 11.3 Å². The van der Waals surface area contributed by atoms with Gasteiger partial charge in [0.1, 0.15) is 6.04 Å². The fraction of sp³-hybridized carbons (Fsp3) is 0.409. The van der Waals surface area contributed by atoms with Gasteiger partial charge in [-0.25, -0.2) is 0 Å². The number of carbonyl (C=O) groups excluding carboxylic acids is 3. The maximum Gasteiger partial charge on any atom is 0.261 e. The maximum atomic E-state index is 12.6. The van der Waals surface area contributed by atoms with Crippen LogP contribution in [0.25, 0.3) is 0 Å². The van der Waals surface area contributed by atoms with E-state index in [-0.39, 0.29) is 23.8 Å². The van der Waals surface area contributed by atoms with E-state index in [4.69, 9.17) is 0 Å². The third kappa shape index (κ3) is 6.15. The van der Waals surface area contributed by atoms with Crippen molar-refractivity contribution in [1.82, 2.24) is 15.5 Å². The summed E-state index contributed by atoms with van der Waals surface area (Å²) in [6.45, 7) is 2.88. The van der Waals surface area contributed by atoms with Gasteiger partial charge in [0.05, 0.1) is 4.88 Å². The number of piperidine rings is 1. The molecule has 1 atom stereocenters. The van der Waals surface area contributed by atoms with Crippen molar-refractivity contribution in [3.63, 3.8) is 0 Å². The van der Waals surface area contributed by atoms with E-state index in [1.807, 2.05) is 41.8 Å². The van der Waals surface area contributed by atoms with Gasteiger partial charge in [-0.05, 0) is 43.2 Å². The molecule has 29 heavy (non-hydrogen) atoms. The number of benzene rings is 1. The molecular formula is C22H27N3O3S. The highest BCUT2D eigenvalue weighted by molar-refractivity contribution is 7.12. The highest BCUT2D eigenvalue weighted by Crippen LogP contribution is 2.13. The van der Waals surface area contributed by atoms with Crippen LogP contribution < -0.4 is 10.6 Å². The SMILES string of the molecule is CC(NC(=O)c1cccs1)C(=O)N1CCC(NC(=O)CCc2ccccc2)CC1. The minimum atomic E-state index is -0.568. The first-order chi connectivity index (χ1) is 14.0. The first-order valence-electron chi connectivity index (χ1n) is 9.99. The van der Waals surface area contributed by atoms with E-state index in [9.17, 15) is 14.4 Å². The lowest BCUT2D eigenvalue weighted by atomic mass is 10.0. The van der Waals surface area contributed by atoms with Gasteiger partial charge in [-0.3, -0.25) is 14.4 Å². The van der Waals surface area contributed by atoms with Gasteiger partial charge in [-0.2, -0.15) is 0 Å². The van der Waals surface area contributed by atoms with Gasteiger partial charge < -0.3 is 15.5 Å². The normalized spacial score (nSPS) is 15.6. The number of hydrogen-bond donors (Lipinski definition) is 2. The summed E-state index contributed by atoms with van der Waals surface area (Å²) in [4.78, 5) is 39.3. The summed E-state index contributed by atoms with van der Waals surface area (Å²) in [7, 11) is 0. The van der Waals surface area contributed by atoms with Crippen molar-refractivity contribution in [2.24, 2.45) is 0 Å². The van der Waals surface area contributed by atoms with Crippen LogP contribution in [-0.4, -0.2) is 47.8 Å². The Hall–Kier alpha value is -2.67. The van der Waals surface area contributed by atoms with Crippen molar-refractivity contribution >= 4 is 29.1 Å². The predicted molar refractivity (Wildman–Crippen MR) is 114 cm³/mol. The fourth-order valence-corrected chi connectivity index (χ4v) is 4.08. The first-order valence-corrected chi connectivity index (χ1v) is 10.9. The molecule has 1 aromatic heterocycles. The number of carbonyl (C=O) groups is 3. The zero-order chi connectivity index (χ0) is 20.6. The molecule has 0 radical (unpaired) electrons. The van der Waals surface area contributed by atoms with Crippen LogP contribution in [0.1, 0.15) is 41.4 Å². The number of aryl methyl sites for hydroxylation is 1. The molecule has 154 valence electrons. The van der Waals surface area contributed by atoms with Crippen LogP contribution in [0.15, 0.2) is 47.8 Å². The molecule has 0 aliphatic carbocycles. The number of likely N-dealkylation sites (tertiary alicyclic amines) is 1. The number of hydrogen-bond acceptors (Lipinski definition) is 4. The minimum Gasteiger partial charge on any atom is -0.353 e. The molecule has 6 nitrogen and oxygen atoms in total. The number of nitrogens with zero attached hydrogens (tertiary/aromatic N) is 1. The van der Waals surface area contributed by atoms with Gasteiger partial charge >= 0.3 is 0 Å². The molecule has 2 N–H and O–H groups in total. The van der Waals surface area contributed by atoms with E-state index in [2.05, 4.69) is 10.6 Å². The largest absolute Gasteiger partial charge is 0.353 e. The quantitative estimate of drug-likeness (QED) is 0.732. The van der Waals surface area contributed by atoms with Crippen LogP contribution in [0.2, 0.25) is 0 Å². The molecule has 3 rings (SSSR count). The van der Waals surface area contributed by atoms with Crippen LogP contribution in [0.3, 0.4) is 0 Å². The number of rotatable bonds is 7. The number of amides is 3. The third-order valence-electron chi connectivity index (χ3n) is 5.12. The van der Waals surface area contributed by atoms with Crippen molar-refractivity contribution in [2.75, 3.05) is 13.1 Å². The van der Waals surface area contributed by atoms with E-state index < -0.39 is 6.04 Å². The Balaban J connectivity index is 1.38. The zero-order valence-corrected chi connectivity index (χ0v) is 17.4. The topological polar surface area (TPSA) is 78.5 Å². The van der Waals surface area contributed by atoms with Crippen molar-refractivity contribution in [1.29, 1.82) is 0 Å². The molecule has 1 fully saturated rings. The van der Waals surface area contributed by atoms with Crippen LogP contribution in [0.4, 0.5) is 0 Å². The molecule has 1 unspecified atom stereocenters. The van der Waals surface area contributed by atoms with E-state index in [0.717, 1.165) is 24.8 Å². The molecular weight excluding hydrogens is 386 g/mol. The Kier molecular flexibility index (Phi) is 7.41. The van der Waals surface area contributed by atoms with Crippen LogP contribution in [0, 0.1) is 0 Å². The lowest BCUT2D eigenvalue weighted by Crippen LogP contribution is -2.52. The van der Waals surface area contributed by atoms with Gasteiger partial charge in [-0.1, -0.05) is 36.4 Å². The minimum absolute atomic E-state index is 0.0511. The summed E-state index contributed by atoms with van der Waals surface area (Å²) in [5, 5.41) is 7.68. The third-order valence-corrected chi connectivity index (χ3v) is 5.99. The lowest BCUT2D eigenvalue weighted by Gasteiger charge is -2.34. The second-order valence-corrected chi connectivity index (χ2v) is 8.27. The summed E-state index contributed by atoms with van der Waals surface area (Å²) in [5.74, 6) is -0.250. The second-order valence-electron chi connectivity index (χ2n) is 7.33. The summed E-state index contributed by atoms with van der Waals surface area (Å²) in [6, 6.07) is 13.0. The molecule has 1 saturated heterocycles. The standard InChI is InChI=1S/C22H27N3O3S/c1-16(23-21(27)19-8-5-15-29-19)22(28)25-13-11-18(12-14-25)24-20(26)10-9-17-6-3-2-4-7-17/h2-8,15-16,18H,9-14H2,1H3,(H,23,27)(H,24,26). The predicted octanol–water partition coefficient (Wildman–Crippen LogP) is 2.61. The molecule has 1 aromatic carbocycles. The Morgan fingerprint density at radius 3 is 2.48 bits per heavy atom. The zero-order valence-electron chi connectivity index (χ0n) is 16.6. The van der Waals surface area contributed by atoms with Crippen LogP contribution >= 0.6 is 11.3 Å². The molecule has 0 bridgehead atoms. The van der Waals surface area contributed by atoms with Crippen molar-refractivity contribution < 1.29 is 14.4 Å². The van der Waals surface area contributed by atoms with Crippen LogP contribution in [0.5, 0.6) is 0 Å². The van der Waals surface area contributed by atoms with Crippen molar-refractivity contribution in [3.05, 3.63) is 58.3 Å². The number of nitrogens with one attached hydrogen (secondary N) is 2. The highest BCUT2D eigenvalue weighted by Gasteiger charge is 2.27. The highest BCUT2D eigenvalue weighted by atomic mass is 32.1. The molecule has 1 aliphatic rings. The van der Waals surface area contributed by atoms with Crippen LogP contribution in [-0.2, 0) is 16.0 Å². The van der Waals surface area contributed by atoms with E-state index in [1.165, 1.54) is 11.3 Å². The van der Waals surface area contributed by atoms with Gasteiger partial charge in [0.25, 0.3) is 5.91 Å². The molecule has 7 heteroatoms. The Labute approximate surface area is 175 Å². The van der Waals surface area contributed by atoms with Gasteiger partial charge in [0, 0.05) is 25.6 Å². The van der Waals surface area contributed by atoms with E-state index in [1.54, 1.807) is 17.9 Å². The molecule has 0 saturated carbocycles. The van der Waals surface area contributed by atoms with Gasteiger partial charge in [0.2, 0.25) is 11.8 Å².